The zero-order valence-electron chi connectivity index (χ0n) is 8.96. The zero-order valence-corrected chi connectivity index (χ0v) is 8.96. The maximum absolute atomic E-state index is 3.26. The molecule has 0 amide bonds. The number of rotatable bonds is 0. The van der Waals surface area contributed by atoms with Crippen molar-refractivity contribution < 1.29 is 4.98 Å². The van der Waals surface area contributed by atoms with Crippen molar-refractivity contribution in [2.45, 2.75) is 26.2 Å². The summed E-state index contributed by atoms with van der Waals surface area (Å²) < 4.78 is 0. The summed E-state index contributed by atoms with van der Waals surface area (Å²) in [7, 11) is 0. The van der Waals surface area contributed by atoms with E-state index in [4.69, 9.17) is 0 Å². The molecule has 0 atom stereocenters. The minimum Gasteiger partial charge on any atom is -0.211 e. The Labute approximate surface area is 84.8 Å². The second-order valence-corrected chi connectivity index (χ2v) is 4.69. The normalized spacial score (nSPS) is 11.9. The average Bonchev–Trinajstić information content (AvgIpc) is 2.15. The molecule has 14 heavy (non-hydrogen) atoms. The van der Waals surface area contributed by atoms with Gasteiger partial charge in [0.25, 0.3) is 0 Å². The van der Waals surface area contributed by atoms with Crippen molar-refractivity contribution in [3.05, 3.63) is 42.1 Å². The van der Waals surface area contributed by atoms with E-state index >= 15 is 0 Å². The number of nitrogens with one attached hydrogen (secondary N) is 1. The lowest BCUT2D eigenvalue weighted by atomic mass is 9.85. The largest absolute Gasteiger partial charge is 0.211 e. The van der Waals surface area contributed by atoms with Crippen LogP contribution in [0.5, 0.6) is 0 Å². The zero-order chi connectivity index (χ0) is 10.2. The Bertz CT molecular complexity index is 447. The van der Waals surface area contributed by atoms with Gasteiger partial charge in [0.1, 0.15) is 0 Å². The van der Waals surface area contributed by atoms with Crippen molar-refractivity contribution in [1.29, 1.82) is 0 Å². The number of aromatic amines is 1. The van der Waals surface area contributed by atoms with Crippen LogP contribution in [0.3, 0.4) is 0 Å². The van der Waals surface area contributed by atoms with Crippen LogP contribution < -0.4 is 4.98 Å². The molecule has 2 aromatic rings. The van der Waals surface area contributed by atoms with Gasteiger partial charge < -0.3 is 0 Å². The number of benzene rings is 1. The van der Waals surface area contributed by atoms with E-state index in [1.165, 1.54) is 16.5 Å². The molecule has 0 spiro atoms. The lowest BCUT2D eigenvalue weighted by molar-refractivity contribution is -0.344. The molecule has 0 bridgehead atoms. The topological polar surface area (TPSA) is 14.1 Å². The predicted octanol–water partition coefficient (Wildman–Crippen LogP) is 2.95. The first kappa shape index (κ1) is 9.20. The summed E-state index contributed by atoms with van der Waals surface area (Å²) in [6.45, 7) is 6.73. The van der Waals surface area contributed by atoms with Crippen LogP contribution in [0.4, 0.5) is 0 Å². The van der Waals surface area contributed by atoms with Crippen molar-refractivity contribution in [3.63, 3.8) is 0 Å². The Morgan fingerprint density at radius 2 is 1.71 bits per heavy atom. The Balaban J connectivity index is 2.78. The van der Waals surface area contributed by atoms with Gasteiger partial charge in [-0.15, -0.1) is 0 Å². The van der Waals surface area contributed by atoms with Gasteiger partial charge in [0.15, 0.2) is 6.20 Å². The van der Waals surface area contributed by atoms with Gasteiger partial charge in [-0.05, 0) is 17.0 Å². The molecule has 0 radical (unpaired) electrons. The molecule has 1 nitrogen and oxygen atoms in total. The molecule has 0 saturated carbocycles. The van der Waals surface area contributed by atoms with E-state index in [0.717, 1.165) is 0 Å². The fourth-order valence-corrected chi connectivity index (χ4v) is 1.80. The van der Waals surface area contributed by atoms with Gasteiger partial charge in [0.05, 0.1) is 0 Å². The van der Waals surface area contributed by atoms with E-state index in [1.54, 1.807) is 0 Å². The van der Waals surface area contributed by atoms with Gasteiger partial charge in [-0.25, -0.2) is 4.98 Å². The highest BCUT2D eigenvalue weighted by Gasteiger charge is 2.18. The first-order valence-electron chi connectivity index (χ1n) is 4.99. The Morgan fingerprint density at radius 1 is 1.00 bits per heavy atom. The smallest absolute Gasteiger partial charge is 0.211 e. The fourth-order valence-electron chi connectivity index (χ4n) is 1.80. The van der Waals surface area contributed by atoms with Crippen molar-refractivity contribution in [2.24, 2.45) is 0 Å². The molecule has 1 heterocycles. The first-order chi connectivity index (χ1) is 6.59. The van der Waals surface area contributed by atoms with Gasteiger partial charge >= 0.3 is 0 Å². The molecule has 1 aromatic carbocycles. The van der Waals surface area contributed by atoms with Crippen LogP contribution in [-0.4, -0.2) is 0 Å². The Kier molecular flexibility index (Phi) is 2.03. The summed E-state index contributed by atoms with van der Waals surface area (Å²) in [5.74, 6) is 0. The average molecular weight is 186 g/mol. The second kappa shape index (κ2) is 3.09. The highest BCUT2D eigenvalue weighted by molar-refractivity contribution is 5.80. The number of aromatic nitrogens is 1. The summed E-state index contributed by atoms with van der Waals surface area (Å²) in [6, 6.07) is 10.6. The molecule has 1 aromatic heterocycles. The van der Waals surface area contributed by atoms with Crippen molar-refractivity contribution in [3.8, 4) is 0 Å². The monoisotopic (exact) mass is 186 g/mol. The molecule has 0 aliphatic rings. The standard InChI is InChI=1S/C13H15N/c1-13(2,3)11-8-9-14-12-7-5-4-6-10(11)12/h4-9H,1-3H3/p+1. The molecule has 0 fully saturated rings. The lowest BCUT2D eigenvalue weighted by Crippen LogP contribution is -2.14. The number of hydrogen-bond acceptors (Lipinski definition) is 0. The number of pyridine rings is 1. The molecule has 1 heteroatoms. The maximum Gasteiger partial charge on any atom is 0.211 e. The molecular weight excluding hydrogens is 170 g/mol. The number of hydrogen-bond donors (Lipinski definition) is 0. The Morgan fingerprint density at radius 3 is 2.43 bits per heavy atom. The molecule has 0 aliphatic carbocycles. The second-order valence-electron chi connectivity index (χ2n) is 4.69. The molecule has 0 aliphatic heterocycles. The molecule has 1 N–H and O–H groups in total. The number of fused-ring (bicyclic) bond motifs is 1. The van der Waals surface area contributed by atoms with Crippen LogP contribution in [0.25, 0.3) is 10.9 Å². The van der Waals surface area contributed by atoms with Gasteiger partial charge in [0, 0.05) is 17.5 Å². The summed E-state index contributed by atoms with van der Waals surface area (Å²) in [4.78, 5) is 3.26. The van der Waals surface area contributed by atoms with E-state index in [9.17, 15) is 0 Å². The van der Waals surface area contributed by atoms with Crippen LogP contribution in [-0.2, 0) is 5.41 Å². The molecule has 72 valence electrons. The third-order valence-corrected chi connectivity index (χ3v) is 2.51. The van der Waals surface area contributed by atoms with Crippen molar-refractivity contribution in [2.75, 3.05) is 0 Å². The molecule has 2 rings (SSSR count). The van der Waals surface area contributed by atoms with E-state index in [2.05, 4.69) is 56.1 Å². The third kappa shape index (κ3) is 1.50. The van der Waals surface area contributed by atoms with Crippen LogP contribution in [0.15, 0.2) is 36.5 Å². The Hall–Kier alpha value is -1.37. The maximum atomic E-state index is 3.26. The third-order valence-electron chi connectivity index (χ3n) is 2.51. The van der Waals surface area contributed by atoms with E-state index in [-0.39, 0.29) is 5.41 Å². The lowest BCUT2D eigenvalue weighted by Gasteiger charge is -2.19. The van der Waals surface area contributed by atoms with Crippen LogP contribution in [0.1, 0.15) is 26.3 Å². The van der Waals surface area contributed by atoms with E-state index < -0.39 is 0 Å². The van der Waals surface area contributed by atoms with Gasteiger partial charge in [-0.1, -0.05) is 32.9 Å². The fraction of sp³-hybridized carbons (Fsp3) is 0.308. The van der Waals surface area contributed by atoms with E-state index in [1.807, 2.05) is 6.20 Å². The minimum atomic E-state index is 0.203. The predicted molar refractivity (Wildman–Crippen MR) is 59.2 cm³/mol. The highest BCUT2D eigenvalue weighted by atomic mass is 14.6. The van der Waals surface area contributed by atoms with E-state index in [0.29, 0.717) is 0 Å². The molecular formula is C13H16N+. The van der Waals surface area contributed by atoms with Gasteiger partial charge in [0.2, 0.25) is 5.52 Å². The SMILES string of the molecule is CC(C)(C)c1cc[nH+]c2ccccc12. The number of H-pyrrole nitrogens is 1. The summed E-state index contributed by atoms with van der Waals surface area (Å²) in [5.41, 5.74) is 2.81. The van der Waals surface area contributed by atoms with Gasteiger partial charge in [-0.2, -0.15) is 0 Å². The van der Waals surface area contributed by atoms with Crippen molar-refractivity contribution in [1.82, 2.24) is 0 Å². The summed E-state index contributed by atoms with van der Waals surface area (Å²) in [5, 5.41) is 1.32. The first-order valence-corrected chi connectivity index (χ1v) is 4.99. The number of para-hydroxylation sites is 1. The molecule has 0 saturated heterocycles. The summed E-state index contributed by atoms with van der Waals surface area (Å²) in [6.07, 6.45) is 2.02. The van der Waals surface area contributed by atoms with Crippen LogP contribution >= 0.6 is 0 Å². The summed E-state index contributed by atoms with van der Waals surface area (Å²) >= 11 is 0. The minimum absolute atomic E-state index is 0.203. The molecule has 0 unspecified atom stereocenters. The van der Waals surface area contributed by atoms with Crippen molar-refractivity contribution >= 4 is 10.9 Å². The van der Waals surface area contributed by atoms with Gasteiger partial charge in [-0.3, -0.25) is 0 Å². The van der Waals surface area contributed by atoms with Crippen LogP contribution in [0, 0.1) is 0 Å². The quantitative estimate of drug-likeness (QED) is 0.600. The van der Waals surface area contributed by atoms with Crippen LogP contribution in [0.2, 0.25) is 0 Å². The highest BCUT2D eigenvalue weighted by Crippen LogP contribution is 2.27.